The Balaban J connectivity index is 1.18. The summed E-state index contributed by atoms with van der Waals surface area (Å²) in [6.07, 6.45) is 5.65. The van der Waals surface area contributed by atoms with Crippen LogP contribution in [0.3, 0.4) is 0 Å². The molecule has 2 aliphatic carbocycles. The maximum Gasteiger partial charge on any atom is 0.338 e. The van der Waals surface area contributed by atoms with Gasteiger partial charge in [-0.2, -0.15) is 8.42 Å². The highest BCUT2D eigenvalue weighted by Gasteiger charge is 2.61. The first kappa shape index (κ1) is 28.4. The molecular weight excluding hydrogens is 538 g/mol. The van der Waals surface area contributed by atoms with Gasteiger partial charge in [-0.1, -0.05) is 42.8 Å². The highest BCUT2D eigenvalue weighted by Crippen LogP contribution is 2.62. The topological polar surface area (TPSA) is 90.0 Å². The SMILES string of the molecule is Cc1ccc(S(=O)(=O)O[C@H]2CC[C@]3(C)[C@H]4CC[C@]5(C)[C@@H](OC(=O)c6ccccc6)CC[C@H]5[C@@H]4CCC(=O)N3C2)cc1. The summed E-state index contributed by atoms with van der Waals surface area (Å²) in [5, 5.41) is 0. The van der Waals surface area contributed by atoms with Crippen LogP contribution >= 0.6 is 0 Å². The zero-order valence-corrected chi connectivity index (χ0v) is 25.1. The van der Waals surface area contributed by atoms with Crippen LogP contribution < -0.4 is 0 Å². The Morgan fingerprint density at radius 1 is 0.902 bits per heavy atom. The van der Waals surface area contributed by atoms with Crippen molar-refractivity contribution in [3.8, 4) is 0 Å². The molecule has 1 amide bonds. The molecule has 41 heavy (non-hydrogen) atoms. The molecule has 7 nitrogen and oxygen atoms in total. The summed E-state index contributed by atoms with van der Waals surface area (Å²) < 4.78 is 37.9. The van der Waals surface area contributed by atoms with Gasteiger partial charge in [0.15, 0.2) is 0 Å². The Bertz CT molecular complexity index is 1410. The summed E-state index contributed by atoms with van der Waals surface area (Å²) in [6, 6.07) is 15.9. The maximum absolute atomic E-state index is 13.6. The quantitative estimate of drug-likeness (QED) is 0.323. The van der Waals surface area contributed by atoms with Crippen LogP contribution in [0.1, 0.15) is 81.1 Å². The minimum Gasteiger partial charge on any atom is -0.458 e. The van der Waals surface area contributed by atoms with Crippen molar-refractivity contribution in [2.75, 3.05) is 6.54 Å². The molecule has 0 spiro atoms. The van der Waals surface area contributed by atoms with E-state index >= 15 is 0 Å². The van der Waals surface area contributed by atoms with Crippen molar-refractivity contribution in [1.82, 2.24) is 4.90 Å². The van der Waals surface area contributed by atoms with Gasteiger partial charge in [-0.25, -0.2) is 4.79 Å². The molecule has 0 aromatic heterocycles. The van der Waals surface area contributed by atoms with Crippen molar-refractivity contribution >= 4 is 22.0 Å². The number of aryl methyl sites for hydroxylation is 1. The van der Waals surface area contributed by atoms with Gasteiger partial charge in [0.2, 0.25) is 5.91 Å². The molecule has 0 unspecified atom stereocenters. The Morgan fingerprint density at radius 2 is 1.63 bits per heavy atom. The minimum absolute atomic E-state index is 0.0923. The summed E-state index contributed by atoms with van der Waals surface area (Å²) in [4.78, 5) is 28.7. The van der Waals surface area contributed by atoms with Crippen molar-refractivity contribution in [3.63, 3.8) is 0 Å². The van der Waals surface area contributed by atoms with Gasteiger partial charge < -0.3 is 9.64 Å². The number of nitrogens with zero attached hydrogens (tertiary/aromatic N) is 1. The van der Waals surface area contributed by atoms with Crippen LogP contribution in [-0.4, -0.2) is 49.5 Å². The lowest BCUT2D eigenvalue weighted by atomic mass is 9.54. The number of hydrogen-bond acceptors (Lipinski definition) is 6. The van der Waals surface area contributed by atoms with Gasteiger partial charge in [-0.05, 0) is 101 Å². The van der Waals surface area contributed by atoms with E-state index in [1.807, 2.05) is 30.0 Å². The van der Waals surface area contributed by atoms with Gasteiger partial charge in [0.25, 0.3) is 10.1 Å². The third-order valence-electron chi connectivity index (χ3n) is 10.9. The fraction of sp³-hybridized carbons (Fsp3) is 0.576. The Kier molecular flexibility index (Phi) is 7.30. The van der Waals surface area contributed by atoms with E-state index in [2.05, 4.69) is 13.8 Å². The lowest BCUT2D eigenvalue weighted by Crippen LogP contribution is -2.62. The first-order chi connectivity index (χ1) is 19.5. The van der Waals surface area contributed by atoms with E-state index in [1.165, 1.54) is 0 Å². The smallest absolute Gasteiger partial charge is 0.338 e. The standard InChI is InChI=1S/C33H41NO6S/c1-22-9-11-25(12-10-22)41(37,38)40-24-17-20-33(3)28-18-19-32(2)27(26(28)13-16-30(35)34(33)21-24)14-15-29(32)39-31(36)23-7-5-4-6-8-23/h4-12,24,26-29H,13-21H2,1-3H3/t24-,26-,27-,28-,29-,32-,33+/m0/s1. The molecular formula is C33H41NO6S. The van der Waals surface area contributed by atoms with E-state index in [0.29, 0.717) is 49.1 Å². The molecule has 2 aliphatic heterocycles. The van der Waals surface area contributed by atoms with Crippen LogP contribution in [0.2, 0.25) is 0 Å². The van der Waals surface area contributed by atoms with Crippen LogP contribution in [-0.2, 0) is 23.8 Å². The average Bonchev–Trinajstić information content (AvgIpc) is 3.23. The third-order valence-corrected chi connectivity index (χ3v) is 12.3. The molecule has 8 heteroatoms. The molecule has 4 fully saturated rings. The molecule has 2 aromatic carbocycles. The summed E-state index contributed by atoms with van der Waals surface area (Å²) in [5.74, 6) is 0.907. The predicted octanol–water partition coefficient (Wildman–Crippen LogP) is 5.91. The number of carbonyl (C=O) groups is 2. The number of benzene rings is 2. The van der Waals surface area contributed by atoms with E-state index in [1.54, 1.807) is 36.4 Å². The molecule has 2 aromatic rings. The van der Waals surface area contributed by atoms with Gasteiger partial charge in [0.1, 0.15) is 6.10 Å². The van der Waals surface area contributed by atoms with Gasteiger partial charge in [-0.3, -0.25) is 8.98 Å². The fourth-order valence-corrected chi connectivity index (χ4v) is 9.78. The Labute approximate surface area is 243 Å². The summed E-state index contributed by atoms with van der Waals surface area (Å²) in [5.41, 5.74) is 1.11. The highest BCUT2D eigenvalue weighted by molar-refractivity contribution is 7.86. The molecule has 4 aliphatic rings. The number of fused-ring (bicyclic) bond motifs is 5. The van der Waals surface area contributed by atoms with Crippen LogP contribution in [0.4, 0.5) is 0 Å². The van der Waals surface area contributed by atoms with E-state index in [4.69, 9.17) is 8.92 Å². The molecule has 2 heterocycles. The number of amides is 1. The van der Waals surface area contributed by atoms with Crippen molar-refractivity contribution in [2.45, 2.75) is 94.8 Å². The van der Waals surface area contributed by atoms with Gasteiger partial charge in [0, 0.05) is 23.9 Å². The maximum atomic E-state index is 13.6. The van der Waals surface area contributed by atoms with Crippen LogP contribution in [0, 0.1) is 30.1 Å². The second kappa shape index (κ2) is 10.5. The second-order valence-electron chi connectivity index (χ2n) is 13.2. The third kappa shape index (κ3) is 5.01. The van der Waals surface area contributed by atoms with Crippen LogP contribution in [0.5, 0.6) is 0 Å². The van der Waals surface area contributed by atoms with Crippen molar-refractivity contribution in [2.24, 2.45) is 23.2 Å². The zero-order chi connectivity index (χ0) is 29.0. The summed E-state index contributed by atoms with van der Waals surface area (Å²) >= 11 is 0. The monoisotopic (exact) mass is 579 g/mol. The number of ether oxygens (including phenoxy) is 1. The number of hydrogen-bond donors (Lipinski definition) is 0. The molecule has 0 N–H and O–H groups in total. The lowest BCUT2D eigenvalue weighted by Gasteiger charge is -2.56. The molecule has 7 atom stereocenters. The molecule has 220 valence electrons. The number of rotatable bonds is 5. The molecule has 2 saturated carbocycles. The van der Waals surface area contributed by atoms with Crippen LogP contribution in [0.15, 0.2) is 59.5 Å². The Hall–Kier alpha value is -2.71. The second-order valence-corrected chi connectivity index (χ2v) is 14.8. The van der Waals surface area contributed by atoms with Gasteiger partial charge in [-0.15, -0.1) is 0 Å². The highest BCUT2D eigenvalue weighted by atomic mass is 32.2. The number of esters is 1. The van der Waals surface area contributed by atoms with Gasteiger partial charge in [0.05, 0.1) is 16.6 Å². The molecule has 0 bridgehead atoms. The summed E-state index contributed by atoms with van der Waals surface area (Å²) in [6.45, 7) is 6.71. The Morgan fingerprint density at radius 3 is 2.37 bits per heavy atom. The van der Waals surface area contributed by atoms with Crippen molar-refractivity contribution in [3.05, 3.63) is 65.7 Å². The first-order valence-corrected chi connectivity index (χ1v) is 16.5. The van der Waals surface area contributed by atoms with Gasteiger partial charge >= 0.3 is 5.97 Å². The normalized spacial score (nSPS) is 35.1. The average molecular weight is 580 g/mol. The molecule has 2 saturated heterocycles. The van der Waals surface area contributed by atoms with E-state index in [0.717, 1.165) is 37.7 Å². The largest absolute Gasteiger partial charge is 0.458 e. The predicted molar refractivity (Wildman–Crippen MR) is 155 cm³/mol. The van der Waals surface area contributed by atoms with E-state index in [9.17, 15) is 18.0 Å². The zero-order valence-electron chi connectivity index (χ0n) is 24.3. The summed E-state index contributed by atoms with van der Waals surface area (Å²) in [7, 11) is -3.92. The van der Waals surface area contributed by atoms with Crippen LogP contribution in [0.25, 0.3) is 0 Å². The van der Waals surface area contributed by atoms with E-state index < -0.39 is 16.2 Å². The number of piperidine rings is 1. The van der Waals surface area contributed by atoms with Crippen molar-refractivity contribution in [1.29, 1.82) is 0 Å². The van der Waals surface area contributed by atoms with Crippen molar-refractivity contribution < 1.29 is 26.9 Å². The molecule has 6 rings (SSSR count). The molecule has 0 radical (unpaired) electrons. The fourth-order valence-electron chi connectivity index (χ4n) is 8.69. The number of carbonyl (C=O) groups excluding carboxylic acids is 2. The minimum atomic E-state index is -3.92. The lowest BCUT2D eigenvalue weighted by molar-refractivity contribution is -0.147. The first-order valence-electron chi connectivity index (χ1n) is 15.1. The van der Waals surface area contributed by atoms with E-state index in [-0.39, 0.29) is 33.8 Å².